The minimum Gasteiger partial charge on any atom is -0.481 e. The molecule has 158 valence electrons. The predicted molar refractivity (Wildman–Crippen MR) is 119 cm³/mol. The lowest BCUT2D eigenvalue weighted by Gasteiger charge is -2.25. The molecule has 2 aromatic carbocycles. The van der Waals surface area contributed by atoms with Crippen molar-refractivity contribution < 1.29 is 9.53 Å². The molecule has 1 unspecified atom stereocenters. The number of fused-ring (bicyclic) bond motifs is 1. The Balaban J connectivity index is 1.80. The van der Waals surface area contributed by atoms with Crippen molar-refractivity contribution in [2.24, 2.45) is 0 Å². The van der Waals surface area contributed by atoms with E-state index in [2.05, 4.69) is 29.9 Å². The van der Waals surface area contributed by atoms with Crippen LogP contribution in [0.25, 0.3) is 10.9 Å². The van der Waals surface area contributed by atoms with Crippen molar-refractivity contribution in [2.75, 3.05) is 6.54 Å². The van der Waals surface area contributed by atoms with Crippen molar-refractivity contribution in [2.45, 2.75) is 53.2 Å². The molecular formula is C24H29N3O3. The van der Waals surface area contributed by atoms with Gasteiger partial charge >= 0.3 is 0 Å². The van der Waals surface area contributed by atoms with Gasteiger partial charge in [-0.25, -0.2) is 4.98 Å². The van der Waals surface area contributed by atoms with Gasteiger partial charge in [0.2, 0.25) is 0 Å². The second-order valence-electron chi connectivity index (χ2n) is 7.84. The van der Waals surface area contributed by atoms with E-state index in [9.17, 15) is 9.59 Å². The highest BCUT2D eigenvalue weighted by atomic mass is 16.5. The number of hydrogen-bond acceptors (Lipinski definition) is 4. The maximum absolute atomic E-state index is 13.1. The Labute approximate surface area is 176 Å². The quantitative estimate of drug-likeness (QED) is 0.638. The van der Waals surface area contributed by atoms with Crippen LogP contribution in [0, 0.1) is 6.92 Å². The van der Waals surface area contributed by atoms with Crippen molar-refractivity contribution in [3.63, 3.8) is 0 Å². The lowest BCUT2D eigenvalue weighted by molar-refractivity contribution is -0.138. The van der Waals surface area contributed by atoms with Crippen molar-refractivity contribution in [1.82, 2.24) is 14.9 Å². The summed E-state index contributed by atoms with van der Waals surface area (Å²) in [5, 5.41) is 0.535. The number of carbonyl (C=O) groups is 1. The number of amides is 1. The number of H-pyrrole nitrogens is 1. The third-order valence-electron chi connectivity index (χ3n) is 5.14. The number of aryl methyl sites for hydroxylation is 1. The zero-order chi connectivity index (χ0) is 21.8. The van der Waals surface area contributed by atoms with E-state index in [1.165, 1.54) is 0 Å². The molecule has 0 aliphatic heterocycles. The number of nitrogens with one attached hydrogen (secondary N) is 1. The Morgan fingerprint density at radius 3 is 2.60 bits per heavy atom. The first-order valence-corrected chi connectivity index (χ1v) is 10.3. The summed E-state index contributed by atoms with van der Waals surface area (Å²) in [6, 6.07) is 13.2. The van der Waals surface area contributed by atoms with Gasteiger partial charge in [0.15, 0.2) is 6.10 Å². The van der Waals surface area contributed by atoms with Crippen LogP contribution >= 0.6 is 0 Å². The number of aromatic amines is 1. The molecule has 0 fully saturated rings. The average molecular weight is 408 g/mol. The van der Waals surface area contributed by atoms with E-state index in [4.69, 9.17) is 4.74 Å². The van der Waals surface area contributed by atoms with E-state index in [-0.39, 0.29) is 23.9 Å². The lowest BCUT2D eigenvalue weighted by atomic mass is 10.0. The Kier molecular flexibility index (Phi) is 6.55. The van der Waals surface area contributed by atoms with Gasteiger partial charge in [0.25, 0.3) is 11.5 Å². The highest BCUT2D eigenvalue weighted by Crippen LogP contribution is 2.28. The Bertz CT molecular complexity index is 1100. The molecule has 1 aromatic heterocycles. The smallest absolute Gasteiger partial charge is 0.263 e. The normalized spacial score (nSPS) is 12.2. The minimum absolute atomic E-state index is 0.149. The highest BCUT2D eigenvalue weighted by molar-refractivity contribution is 5.81. The monoisotopic (exact) mass is 407 g/mol. The molecule has 0 spiro atoms. The number of nitrogens with zero attached hydrogens (tertiary/aromatic N) is 2. The molecule has 0 radical (unpaired) electrons. The third-order valence-corrected chi connectivity index (χ3v) is 5.14. The van der Waals surface area contributed by atoms with Gasteiger partial charge in [0.1, 0.15) is 11.6 Å². The van der Waals surface area contributed by atoms with Crippen LogP contribution in [0.15, 0.2) is 47.3 Å². The standard InChI is InChI=1S/C24H29N3O3/c1-6-27(14-22-25-20-10-8-7-9-19(20)23(28)26-22)24(29)17(5)30-21-13-16(4)11-12-18(21)15(2)3/h7-13,15,17H,6,14H2,1-5H3,(H,25,26,28). The van der Waals surface area contributed by atoms with E-state index in [0.717, 1.165) is 16.9 Å². The molecule has 3 rings (SSSR count). The average Bonchev–Trinajstić information content (AvgIpc) is 2.71. The van der Waals surface area contributed by atoms with Crippen LogP contribution in [0.5, 0.6) is 5.75 Å². The van der Waals surface area contributed by atoms with Gasteiger partial charge in [-0.3, -0.25) is 9.59 Å². The molecule has 1 heterocycles. The summed E-state index contributed by atoms with van der Waals surface area (Å²) in [5.41, 5.74) is 2.57. The lowest BCUT2D eigenvalue weighted by Crippen LogP contribution is -2.40. The van der Waals surface area contributed by atoms with E-state index in [1.807, 2.05) is 32.0 Å². The van der Waals surface area contributed by atoms with Crippen LogP contribution in [0.3, 0.4) is 0 Å². The number of rotatable bonds is 7. The number of hydrogen-bond donors (Lipinski definition) is 1. The second-order valence-corrected chi connectivity index (χ2v) is 7.84. The first-order chi connectivity index (χ1) is 14.3. The highest BCUT2D eigenvalue weighted by Gasteiger charge is 2.23. The van der Waals surface area contributed by atoms with Crippen molar-refractivity contribution in [3.8, 4) is 5.75 Å². The van der Waals surface area contributed by atoms with Gasteiger partial charge in [0, 0.05) is 6.54 Å². The zero-order valence-corrected chi connectivity index (χ0v) is 18.2. The maximum Gasteiger partial charge on any atom is 0.263 e. The first-order valence-electron chi connectivity index (χ1n) is 10.3. The van der Waals surface area contributed by atoms with Crippen LogP contribution in [0.1, 0.15) is 50.6 Å². The molecule has 1 amide bonds. The number of para-hydroxylation sites is 1. The fourth-order valence-corrected chi connectivity index (χ4v) is 3.45. The largest absolute Gasteiger partial charge is 0.481 e. The van der Waals surface area contributed by atoms with Gasteiger partial charge in [0.05, 0.1) is 17.4 Å². The van der Waals surface area contributed by atoms with Crippen molar-refractivity contribution in [1.29, 1.82) is 0 Å². The van der Waals surface area contributed by atoms with Crippen LogP contribution in [-0.2, 0) is 11.3 Å². The Morgan fingerprint density at radius 2 is 1.90 bits per heavy atom. The van der Waals surface area contributed by atoms with Gasteiger partial charge in [-0.05, 0) is 56.0 Å². The molecule has 1 N–H and O–H groups in total. The third kappa shape index (κ3) is 4.70. The van der Waals surface area contributed by atoms with Gasteiger partial charge in [-0.1, -0.05) is 38.1 Å². The molecule has 0 saturated heterocycles. The van der Waals surface area contributed by atoms with Crippen LogP contribution in [0.4, 0.5) is 0 Å². The number of carbonyl (C=O) groups excluding carboxylic acids is 1. The Morgan fingerprint density at radius 1 is 1.17 bits per heavy atom. The van der Waals surface area contributed by atoms with E-state index in [0.29, 0.717) is 23.3 Å². The molecule has 6 nitrogen and oxygen atoms in total. The number of aromatic nitrogens is 2. The summed E-state index contributed by atoms with van der Waals surface area (Å²) >= 11 is 0. The van der Waals surface area contributed by atoms with Crippen LogP contribution in [-0.4, -0.2) is 33.4 Å². The van der Waals surface area contributed by atoms with Crippen molar-refractivity contribution in [3.05, 3.63) is 69.8 Å². The van der Waals surface area contributed by atoms with Crippen LogP contribution < -0.4 is 10.3 Å². The van der Waals surface area contributed by atoms with E-state index < -0.39 is 6.10 Å². The zero-order valence-electron chi connectivity index (χ0n) is 18.2. The molecule has 6 heteroatoms. The molecule has 0 bridgehead atoms. The summed E-state index contributed by atoms with van der Waals surface area (Å²) in [6.45, 7) is 10.6. The SMILES string of the molecule is CCN(Cc1nc2ccccc2c(=O)[nH]1)C(=O)C(C)Oc1cc(C)ccc1C(C)C. The minimum atomic E-state index is -0.656. The van der Waals surface area contributed by atoms with Gasteiger partial charge in [-0.15, -0.1) is 0 Å². The van der Waals surface area contributed by atoms with E-state index >= 15 is 0 Å². The number of likely N-dealkylation sites (N-methyl/N-ethyl adjacent to an activating group) is 1. The number of ether oxygens (including phenoxy) is 1. The summed E-state index contributed by atoms with van der Waals surface area (Å²) < 4.78 is 6.08. The Hall–Kier alpha value is -3.15. The fourth-order valence-electron chi connectivity index (χ4n) is 3.45. The van der Waals surface area contributed by atoms with Gasteiger partial charge < -0.3 is 14.6 Å². The topological polar surface area (TPSA) is 75.3 Å². The summed E-state index contributed by atoms with van der Waals surface area (Å²) in [5.74, 6) is 1.33. The second kappa shape index (κ2) is 9.11. The summed E-state index contributed by atoms with van der Waals surface area (Å²) in [4.78, 5) is 34.3. The van der Waals surface area contributed by atoms with Crippen LogP contribution in [0.2, 0.25) is 0 Å². The summed E-state index contributed by atoms with van der Waals surface area (Å²) in [6.07, 6.45) is -0.656. The van der Waals surface area contributed by atoms with Gasteiger partial charge in [-0.2, -0.15) is 0 Å². The number of benzene rings is 2. The van der Waals surface area contributed by atoms with E-state index in [1.54, 1.807) is 30.0 Å². The molecule has 3 aromatic rings. The molecule has 1 atom stereocenters. The first kappa shape index (κ1) is 21.6. The molecule has 0 saturated carbocycles. The molecule has 0 aliphatic carbocycles. The maximum atomic E-state index is 13.1. The molecular weight excluding hydrogens is 378 g/mol. The van der Waals surface area contributed by atoms with Crippen molar-refractivity contribution >= 4 is 16.8 Å². The fraction of sp³-hybridized carbons (Fsp3) is 0.375. The molecule has 0 aliphatic rings. The molecule has 30 heavy (non-hydrogen) atoms. The predicted octanol–water partition coefficient (Wildman–Crippen LogP) is 4.17. The summed E-state index contributed by atoms with van der Waals surface area (Å²) in [7, 11) is 0.